The quantitative estimate of drug-likeness (QED) is 0.750. The number of carbonyl (C=O) groups excluding carboxylic acids is 1. The molecule has 0 unspecified atom stereocenters. The Morgan fingerprint density at radius 1 is 1.43 bits per heavy atom. The van der Waals surface area contributed by atoms with Crippen LogP contribution in [0.3, 0.4) is 0 Å². The summed E-state index contributed by atoms with van der Waals surface area (Å²) in [6.07, 6.45) is 4.55. The lowest BCUT2D eigenvalue weighted by molar-refractivity contribution is 0.238. The second-order valence-electron chi connectivity index (χ2n) is 5.84. The molecule has 0 fully saturated rings. The molecular weight excluding hydrogens is 296 g/mol. The van der Waals surface area contributed by atoms with Crippen molar-refractivity contribution in [3.8, 4) is 0 Å². The van der Waals surface area contributed by atoms with Gasteiger partial charge in [0.2, 0.25) is 0 Å². The molecule has 2 amide bonds. The molecule has 122 valence electrons. The van der Waals surface area contributed by atoms with E-state index in [0.29, 0.717) is 22.8 Å². The van der Waals surface area contributed by atoms with E-state index >= 15 is 0 Å². The normalized spacial score (nSPS) is 20.0. The number of aromatic nitrogens is 1. The van der Waals surface area contributed by atoms with Crippen LogP contribution >= 0.6 is 0 Å². The number of amides is 2. The van der Waals surface area contributed by atoms with E-state index in [9.17, 15) is 4.79 Å². The van der Waals surface area contributed by atoms with Gasteiger partial charge in [0.1, 0.15) is 5.52 Å². The predicted molar refractivity (Wildman–Crippen MR) is 88.6 cm³/mol. The van der Waals surface area contributed by atoms with Gasteiger partial charge in [0.05, 0.1) is 0 Å². The Labute approximate surface area is 134 Å². The van der Waals surface area contributed by atoms with Crippen molar-refractivity contribution in [3.63, 3.8) is 0 Å². The molecule has 7 nitrogen and oxygen atoms in total. The van der Waals surface area contributed by atoms with Crippen molar-refractivity contribution < 1.29 is 14.3 Å². The van der Waals surface area contributed by atoms with Gasteiger partial charge in [-0.15, -0.1) is 0 Å². The topological polar surface area (TPSA) is 90.6 Å². The van der Waals surface area contributed by atoms with Crippen LogP contribution < -0.4 is 15.5 Å². The fourth-order valence-electron chi connectivity index (χ4n) is 2.54. The molecular formula is C16H20N4O3. The van der Waals surface area contributed by atoms with Crippen LogP contribution in [0.1, 0.15) is 6.42 Å². The predicted octanol–water partition coefficient (Wildman–Crippen LogP) is 1.95. The fraction of sp³-hybridized carbons (Fsp3) is 0.375. The molecule has 1 aliphatic carbocycles. The van der Waals surface area contributed by atoms with Crippen LogP contribution in [0.2, 0.25) is 0 Å². The van der Waals surface area contributed by atoms with Crippen molar-refractivity contribution >= 4 is 28.8 Å². The van der Waals surface area contributed by atoms with Gasteiger partial charge in [0.25, 0.3) is 6.01 Å². The van der Waals surface area contributed by atoms with Crippen LogP contribution in [0, 0.1) is 5.92 Å². The number of nitrogens with zero attached hydrogens (tertiary/aromatic N) is 2. The van der Waals surface area contributed by atoms with Crippen molar-refractivity contribution in [1.82, 2.24) is 10.3 Å². The minimum absolute atomic E-state index is 0.0525. The first-order chi connectivity index (χ1) is 11.0. The highest BCUT2D eigenvalue weighted by atomic mass is 16.4. The van der Waals surface area contributed by atoms with Gasteiger partial charge in [-0.2, -0.15) is 4.98 Å². The highest BCUT2D eigenvalue weighted by molar-refractivity contribution is 5.92. The summed E-state index contributed by atoms with van der Waals surface area (Å²) in [6, 6.07) is 5.51. The Morgan fingerprint density at radius 2 is 2.26 bits per heavy atom. The first kappa shape index (κ1) is 15.4. The monoisotopic (exact) mass is 316 g/mol. The number of nitrogens with one attached hydrogen (secondary N) is 2. The summed E-state index contributed by atoms with van der Waals surface area (Å²) in [5.74, 6) is 0.122. The van der Waals surface area contributed by atoms with E-state index < -0.39 is 0 Å². The van der Waals surface area contributed by atoms with Crippen LogP contribution in [0.5, 0.6) is 0 Å². The van der Waals surface area contributed by atoms with E-state index in [-0.39, 0.29) is 24.6 Å². The SMILES string of the molecule is CN(C)c1nc2cc(NC(=O)N[C@@H]3C=C[C@H](CO)C3)ccc2o1. The molecule has 2 atom stereocenters. The molecule has 0 spiro atoms. The van der Waals surface area contributed by atoms with Crippen LogP contribution in [0.15, 0.2) is 34.8 Å². The summed E-state index contributed by atoms with van der Waals surface area (Å²) in [7, 11) is 3.71. The Hall–Kier alpha value is -2.54. The van der Waals surface area contributed by atoms with Crippen molar-refractivity contribution in [3.05, 3.63) is 30.4 Å². The van der Waals surface area contributed by atoms with Gasteiger partial charge in [-0.05, 0) is 24.6 Å². The standard InChI is InChI=1S/C16H20N4O3/c1-20(2)16-19-13-8-12(5-6-14(13)23-16)18-15(22)17-11-4-3-10(7-11)9-21/h3-6,8,10-11,21H,7,9H2,1-2H3,(H2,17,18,22)/t10-,11+/m0/s1. The lowest BCUT2D eigenvalue weighted by atomic mass is 10.1. The van der Waals surface area contributed by atoms with Crippen LogP contribution in [0.25, 0.3) is 11.1 Å². The van der Waals surface area contributed by atoms with E-state index in [1.54, 1.807) is 23.1 Å². The lowest BCUT2D eigenvalue weighted by Gasteiger charge is -2.13. The number of urea groups is 1. The summed E-state index contributed by atoms with van der Waals surface area (Å²) in [5.41, 5.74) is 2.01. The highest BCUT2D eigenvalue weighted by Gasteiger charge is 2.19. The third-order valence-corrected chi connectivity index (χ3v) is 3.74. The van der Waals surface area contributed by atoms with Crippen LogP contribution in [-0.4, -0.2) is 42.9 Å². The van der Waals surface area contributed by atoms with Gasteiger partial charge >= 0.3 is 6.03 Å². The van der Waals surface area contributed by atoms with E-state index in [4.69, 9.17) is 9.52 Å². The highest BCUT2D eigenvalue weighted by Crippen LogP contribution is 2.23. The number of aliphatic hydroxyl groups is 1. The van der Waals surface area contributed by atoms with E-state index in [1.165, 1.54) is 0 Å². The number of hydrogen-bond acceptors (Lipinski definition) is 5. The number of aliphatic hydroxyl groups excluding tert-OH is 1. The third-order valence-electron chi connectivity index (χ3n) is 3.74. The average molecular weight is 316 g/mol. The number of anilines is 2. The molecule has 0 bridgehead atoms. The van der Waals surface area contributed by atoms with Gasteiger partial charge in [-0.1, -0.05) is 12.2 Å². The molecule has 0 radical (unpaired) electrons. The smallest absolute Gasteiger partial charge is 0.319 e. The zero-order valence-electron chi connectivity index (χ0n) is 13.1. The maximum atomic E-state index is 12.0. The molecule has 1 aromatic heterocycles. The van der Waals surface area contributed by atoms with Crippen molar-refractivity contribution in [2.75, 3.05) is 30.9 Å². The van der Waals surface area contributed by atoms with Crippen LogP contribution in [0.4, 0.5) is 16.5 Å². The summed E-state index contributed by atoms with van der Waals surface area (Å²) in [6.45, 7) is 0.104. The molecule has 3 rings (SSSR count). The number of rotatable bonds is 4. The van der Waals surface area contributed by atoms with E-state index in [2.05, 4.69) is 15.6 Å². The molecule has 23 heavy (non-hydrogen) atoms. The van der Waals surface area contributed by atoms with Crippen molar-refractivity contribution in [2.24, 2.45) is 5.92 Å². The minimum atomic E-state index is -0.283. The number of benzene rings is 1. The first-order valence-electron chi connectivity index (χ1n) is 7.50. The zero-order chi connectivity index (χ0) is 16.4. The Bertz CT molecular complexity index is 738. The van der Waals surface area contributed by atoms with Gasteiger partial charge in [0, 0.05) is 38.3 Å². The maximum Gasteiger partial charge on any atom is 0.319 e. The van der Waals surface area contributed by atoms with Crippen molar-refractivity contribution in [1.29, 1.82) is 0 Å². The maximum absolute atomic E-state index is 12.0. The molecule has 2 aromatic rings. The Balaban J connectivity index is 1.64. The number of hydrogen-bond donors (Lipinski definition) is 3. The molecule has 0 aliphatic heterocycles. The molecule has 7 heteroatoms. The molecule has 1 aliphatic rings. The Morgan fingerprint density at radius 3 is 2.96 bits per heavy atom. The second kappa shape index (κ2) is 6.29. The summed E-state index contributed by atoms with van der Waals surface area (Å²) < 4.78 is 5.57. The van der Waals surface area contributed by atoms with Gasteiger partial charge in [0.15, 0.2) is 5.58 Å². The molecule has 1 heterocycles. The largest absolute Gasteiger partial charge is 0.423 e. The number of carbonyl (C=O) groups is 1. The third kappa shape index (κ3) is 3.45. The molecule has 0 saturated carbocycles. The number of oxazole rings is 1. The van der Waals surface area contributed by atoms with E-state index in [1.807, 2.05) is 26.2 Å². The van der Waals surface area contributed by atoms with Crippen LogP contribution in [-0.2, 0) is 0 Å². The van der Waals surface area contributed by atoms with Gasteiger partial charge in [-0.3, -0.25) is 0 Å². The van der Waals surface area contributed by atoms with E-state index in [0.717, 1.165) is 6.42 Å². The molecule has 0 saturated heterocycles. The lowest BCUT2D eigenvalue weighted by Crippen LogP contribution is -2.36. The zero-order valence-corrected chi connectivity index (χ0v) is 13.1. The Kier molecular flexibility index (Phi) is 4.20. The average Bonchev–Trinajstić information content (AvgIpc) is 3.12. The summed E-state index contributed by atoms with van der Waals surface area (Å²) in [5, 5.41) is 14.7. The minimum Gasteiger partial charge on any atom is -0.423 e. The van der Waals surface area contributed by atoms with Gasteiger partial charge in [-0.25, -0.2) is 4.79 Å². The summed E-state index contributed by atoms with van der Waals surface area (Å²) in [4.78, 5) is 18.2. The fourth-order valence-corrected chi connectivity index (χ4v) is 2.54. The first-order valence-corrected chi connectivity index (χ1v) is 7.50. The summed E-state index contributed by atoms with van der Waals surface area (Å²) >= 11 is 0. The molecule has 3 N–H and O–H groups in total. The van der Waals surface area contributed by atoms with Crippen molar-refractivity contribution in [2.45, 2.75) is 12.5 Å². The van der Waals surface area contributed by atoms with Gasteiger partial charge < -0.3 is 25.1 Å². The second-order valence-corrected chi connectivity index (χ2v) is 5.84. The number of fused-ring (bicyclic) bond motifs is 1. The molecule has 1 aromatic carbocycles.